The molecule has 0 aliphatic rings. The molecule has 8 nitrogen and oxygen atoms in total. The molecule has 0 saturated carbocycles. The van der Waals surface area contributed by atoms with Crippen LogP contribution in [-0.2, 0) is 26.2 Å². The Balaban J connectivity index is 2.08. The number of hydrogen-bond donors (Lipinski definition) is 1. The molecule has 0 bridgehead atoms. The monoisotopic (exact) mass is 593 g/mol. The lowest BCUT2D eigenvalue weighted by Crippen LogP contribution is -2.52. The highest BCUT2D eigenvalue weighted by Crippen LogP contribution is 2.27. The molecule has 0 fully saturated rings. The van der Waals surface area contributed by atoms with Crippen LogP contribution in [0.3, 0.4) is 0 Å². The van der Waals surface area contributed by atoms with Crippen LogP contribution in [0.1, 0.15) is 49.4 Å². The number of ether oxygens (including phenoxy) is 1. The second kappa shape index (κ2) is 14.4. The van der Waals surface area contributed by atoms with Gasteiger partial charge in [-0.2, -0.15) is 0 Å². The maximum Gasteiger partial charge on any atom is 0.264 e. The van der Waals surface area contributed by atoms with Crippen molar-refractivity contribution in [3.8, 4) is 5.75 Å². The third kappa shape index (κ3) is 8.12. The zero-order chi connectivity index (χ0) is 31.0. The molecule has 0 aromatic heterocycles. The Morgan fingerprint density at radius 1 is 0.929 bits per heavy atom. The molecule has 1 atom stereocenters. The van der Waals surface area contributed by atoms with E-state index in [0.29, 0.717) is 24.4 Å². The van der Waals surface area contributed by atoms with Crippen LogP contribution in [0.2, 0.25) is 0 Å². The molecule has 0 saturated heterocycles. The molecule has 42 heavy (non-hydrogen) atoms. The van der Waals surface area contributed by atoms with Crippen molar-refractivity contribution in [1.82, 2.24) is 10.2 Å². The van der Waals surface area contributed by atoms with Gasteiger partial charge in [0.25, 0.3) is 10.0 Å². The summed E-state index contributed by atoms with van der Waals surface area (Å²) in [5.74, 6) is 0.0877. The standard InChI is InChI=1S/C33H43N3O5S/c1-8-31(33(38)34-20-23(2)3)35(21-27-10-9-11-29(19-27)41-7)32(37)22-36(28-15-14-25(5)26(6)18-28)42(39,40)30-16-12-24(4)13-17-30/h9-19,23,31H,8,20-22H2,1-7H3,(H,34,38). The van der Waals surface area contributed by atoms with Crippen LogP contribution in [0, 0.1) is 26.7 Å². The van der Waals surface area contributed by atoms with E-state index in [4.69, 9.17) is 4.74 Å². The van der Waals surface area contributed by atoms with E-state index in [-0.39, 0.29) is 23.3 Å². The second-order valence-electron chi connectivity index (χ2n) is 11.0. The highest BCUT2D eigenvalue weighted by molar-refractivity contribution is 7.92. The van der Waals surface area contributed by atoms with Crippen LogP contribution >= 0.6 is 0 Å². The average Bonchev–Trinajstić information content (AvgIpc) is 2.96. The number of methoxy groups -OCH3 is 1. The van der Waals surface area contributed by atoms with E-state index in [9.17, 15) is 18.0 Å². The summed E-state index contributed by atoms with van der Waals surface area (Å²) in [4.78, 5) is 29.1. The number of carbonyl (C=O) groups excluding carboxylic acids is 2. The Morgan fingerprint density at radius 2 is 1.62 bits per heavy atom. The van der Waals surface area contributed by atoms with Crippen molar-refractivity contribution in [1.29, 1.82) is 0 Å². The van der Waals surface area contributed by atoms with Crippen molar-refractivity contribution in [3.63, 3.8) is 0 Å². The largest absolute Gasteiger partial charge is 0.497 e. The first-order chi connectivity index (χ1) is 19.9. The van der Waals surface area contributed by atoms with Gasteiger partial charge in [-0.1, -0.05) is 56.7 Å². The van der Waals surface area contributed by atoms with Crippen LogP contribution in [0.25, 0.3) is 0 Å². The number of nitrogens with zero attached hydrogens (tertiary/aromatic N) is 2. The van der Waals surface area contributed by atoms with Crippen LogP contribution in [0.5, 0.6) is 5.75 Å². The van der Waals surface area contributed by atoms with Crippen molar-refractivity contribution in [2.24, 2.45) is 5.92 Å². The fraction of sp³-hybridized carbons (Fsp3) is 0.394. The summed E-state index contributed by atoms with van der Waals surface area (Å²) in [6.45, 7) is 11.7. The summed E-state index contributed by atoms with van der Waals surface area (Å²) in [5, 5.41) is 2.95. The SMILES string of the molecule is CCC(C(=O)NCC(C)C)N(Cc1cccc(OC)c1)C(=O)CN(c1ccc(C)c(C)c1)S(=O)(=O)c1ccc(C)cc1. The van der Waals surface area contributed by atoms with E-state index in [1.54, 1.807) is 49.6 Å². The molecule has 226 valence electrons. The predicted octanol–water partition coefficient (Wildman–Crippen LogP) is 5.40. The molecule has 3 aromatic rings. The van der Waals surface area contributed by atoms with Crippen molar-refractivity contribution >= 4 is 27.5 Å². The lowest BCUT2D eigenvalue weighted by atomic mass is 10.1. The average molecular weight is 594 g/mol. The fourth-order valence-electron chi connectivity index (χ4n) is 4.56. The number of nitrogens with one attached hydrogen (secondary N) is 1. The number of sulfonamides is 1. The number of aryl methyl sites for hydroxylation is 3. The van der Waals surface area contributed by atoms with E-state index in [1.807, 2.05) is 65.8 Å². The predicted molar refractivity (Wildman–Crippen MR) is 167 cm³/mol. The van der Waals surface area contributed by atoms with Crippen molar-refractivity contribution in [3.05, 3.63) is 89.0 Å². The van der Waals surface area contributed by atoms with Crippen molar-refractivity contribution in [2.45, 2.75) is 65.4 Å². The molecular formula is C33H43N3O5S. The molecule has 0 heterocycles. The van der Waals surface area contributed by atoms with Crippen LogP contribution in [-0.4, -0.2) is 51.4 Å². The Hall–Kier alpha value is -3.85. The number of anilines is 1. The van der Waals surface area contributed by atoms with Gasteiger partial charge >= 0.3 is 0 Å². The third-order valence-corrected chi connectivity index (χ3v) is 9.01. The minimum Gasteiger partial charge on any atom is -0.497 e. The van der Waals surface area contributed by atoms with Crippen molar-refractivity contribution < 1.29 is 22.7 Å². The number of carbonyl (C=O) groups is 2. The summed E-state index contributed by atoms with van der Waals surface area (Å²) < 4.78 is 34.6. The van der Waals surface area contributed by atoms with E-state index in [2.05, 4.69) is 5.32 Å². The summed E-state index contributed by atoms with van der Waals surface area (Å²) >= 11 is 0. The quantitative estimate of drug-likeness (QED) is 0.287. The molecule has 1 unspecified atom stereocenters. The first-order valence-electron chi connectivity index (χ1n) is 14.2. The maximum absolute atomic E-state index is 14.2. The maximum atomic E-state index is 14.2. The van der Waals surface area contributed by atoms with Gasteiger partial charge in [0.05, 0.1) is 17.7 Å². The van der Waals surface area contributed by atoms with E-state index < -0.39 is 28.5 Å². The summed E-state index contributed by atoms with van der Waals surface area (Å²) in [5.41, 5.74) is 3.97. The normalized spacial score (nSPS) is 12.1. The Kier molecular flexibility index (Phi) is 11.2. The fourth-order valence-corrected chi connectivity index (χ4v) is 5.96. The molecule has 0 spiro atoms. The summed E-state index contributed by atoms with van der Waals surface area (Å²) in [7, 11) is -2.56. The van der Waals surface area contributed by atoms with Gasteiger partial charge in [-0.3, -0.25) is 13.9 Å². The highest BCUT2D eigenvalue weighted by Gasteiger charge is 2.34. The molecular weight excluding hydrogens is 550 g/mol. The Bertz CT molecular complexity index is 1490. The topological polar surface area (TPSA) is 96.0 Å². The Labute approximate surface area is 250 Å². The number of rotatable bonds is 13. The summed E-state index contributed by atoms with van der Waals surface area (Å²) in [6.07, 6.45) is 0.355. The zero-order valence-corrected chi connectivity index (χ0v) is 26.5. The molecule has 9 heteroatoms. The van der Waals surface area contributed by atoms with Gasteiger partial charge in [0.1, 0.15) is 18.3 Å². The van der Waals surface area contributed by atoms with Gasteiger partial charge < -0.3 is 15.0 Å². The zero-order valence-electron chi connectivity index (χ0n) is 25.7. The summed E-state index contributed by atoms with van der Waals surface area (Å²) in [6, 6.07) is 18.4. The Morgan fingerprint density at radius 3 is 2.21 bits per heavy atom. The smallest absolute Gasteiger partial charge is 0.264 e. The molecule has 2 amide bonds. The first-order valence-corrected chi connectivity index (χ1v) is 15.7. The first kappa shape index (κ1) is 32.7. The lowest BCUT2D eigenvalue weighted by molar-refractivity contribution is -0.140. The molecule has 1 N–H and O–H groups in total. The number of benzene rings is 3. The van der Waals surface area contributed by atoms with Crippen molar-refractivity contribution in [2.75, 3.05) is 24.5 Å². The molecule has 3 aromatic carbocycles. The molecule has 0 aliphatic carbocycles. The van der Waals surface area contributed by atoms with Gasteiger partial charge in [0.2, 0.25) is 11.8 Å². The minimum atomic E-state index is -4.12. The number of hydrogen-bond acceptors (Lipinski definition) is 5. The lowest BCUT2D eigenvalue weighted by Gasteiger charge is -2.33. The molecule has 0 aliphatic heterocycles. The second-order valence-corrected chi connectivity index (χ2v) is 12.9. The third-order valence-electron chi connectivity index (χ3n) is 7.22. The van der Waals surface area contributed by atoms with Crippen LogP contribution in [0.4, 0.5) is 5.69 Å². The highest BCUT2D eigenvalue weighted by atomic mass is 32.2. The van der Waals surface area contributed by atoms with E-state index in [1.165, 1.54) is 4.90 Å². The van der Waals surface area contributed by atoms with E-state index in [0.717, 1.165) is 26.6 Å². The van der Waals surface area contributed by atoms with Gasteiger partial charge in [-0.15, -0.1) is 0 Å². The molecule has 3 rings (SSSR count). The van der Waals surface area contributed by atoms with Gasteiger partial charge in [0.15, 0.2) is 0 Å². The minimum absolute atomic E-state index is 0.0835. The van der Waals surface area contributed by atoms with Crippen LogP contribution < -0.4 is 14.4 Å². The van der Waals surface area contributed by atoms with E-state index >= 15 is 0 Å². The van der Waals surface area contributed by atoms with Gasteiger partial charge in [-0.25, -0.2) is 8.42 Å². The number of amides is 2. The van der Waals surface area contributed by atoms with Gasteiger partial charge in [-0.05, 0) is 86.2 Å². The molecule has 0 radical (unpaired) electrons. The van der Waals surface area contributed by atoms with Crippen LogP contribution in [0.15, 0.2) is 71.6 Å². The van der Waals surface area contributed by atoms with Gasteiger partial charge in [0, 0.05) is 13.1 Å².